The van der Waals surface area contributed by atoms with Crippen molar-refractivity contribution in [2.24, 2.45) is 0 Å². The molecule has 0 radical (unpaired) electrons. The Kier molecular flexibility index (Phi) is 4.97. The van der Waals surface area contributed by atoms with E-state index in [0.29, 0.717) is 0 Å². The predicted octanol–water partition coefficient (Wildman–Crippen LogP) is 2.05. The molecular weight excluding hydrogens is 262 g/mol. The van der Waals surface area contributed by atoms with Crippen LogP contribution in [0.1, 0.15) is 24.8 Å². The number of nitrogens with one attached hydrogen (secondary N) is 2. The Hall–Kier alpha value is -1.72. The number of piperidine rings is 1. The largest absolute Gasteiger partial charge is 0.311 e. The molecule has 5 nitrogen and oxygen atoms in total. The fraction of sp³-hybridized carbons (Fsp3) is 0.500. The maximum atomic E-state index is 4.16. The molecule has 0 amide bonds. The van der Waals surface area contributed by atoms with Gasteiger partial charge < -0.3 is 10.2 Å². The first-order valence-electron chi connectivity index (χ1n) is 7.79. The van der Waals surface area contributed by atoms with E-state index in [0.717, 1.165) is 30.9 Å². The molecule has 2 N–H and O–H groups in total. The fourth-order valence-corrected chi connectivity index (χ4v) is 2.85. The number of likely N-dealkylation sites (tertiary alicyclic amines) is 1. The van der Waals surface area contributed by atoms with Crippen molar-refractivity contribution in [2.45, 2.75) is 25.8 Å². The molecule has 2 aromatic rings. The average molecular weight is 285 g/mol. The fourth-order valence-electron chi connectivity index (χ4n) is 2.85. The van der Waals surface area contributed by atoms with E-state index >= 15 is 0 Å². The lowest BCUT2D eigenvalue weighted by Gasteiger charge is -2.26. The molecule has 0 saturated carbocycles. The highest BCUT2D eigenvalue weighted by atomic mass is 15.1. The van der Waals surface area contributed by atoms with E-state index in [-0.39, 0.29) is 0 Å². The second-order valence-corrected chi connectivity index (χ2v) is 5.59. The van der Waals surface area contributed by atoms with Crippen LogP contribution < -0.4 is 5.32 Å². The topological polar surface area (TPSA) is 56.8 Å². The molecule has 1 fully saturated rings. The monoisotopic (exact) mass is 285 g/mol. The first-order chi connectivity index (χ1) is 10.4. The van der Waals surface area contributed by atoms with E-state index in [1.165, 1.54) is 37.9 Å². The van der Waals surface area contributed by atoms with Crippen LogP contribution in [0.5, 0.6) is 0 Å². The third kappa shape index (κ3) is 3.89. The first kappa shape index (κ1) is 14.2. The molecule has 5 heteroatoms. The van der Waals surface area contributed by atoms with Crippen LogP contribution >= 0.6 is 0 Å². The average Bonchev–Trinajstić information content (AvgIpc) is 3.02. The van der Waals surface area contributed by atoms with Crippen LogP contribution in [0.15, 0.2) is 30.7 Å². The lowest BCUT2D eigenvalue weighted by molar-refractivity contribution is 0.229. The zero-order valence-electron chi connectivity index (χ0n) is 12.4. The van der Waals surface area contributed by atoms with E-state index in [2.05, 4.69) is 31.5 Å². The van der Waals surface area contributed by atoms with Crippen molar-refractivity contribution >= 4 is 0 Å². The summed E-state index contributed by atoms with van der Waals surface area (Å²) in [6, 6.07) is 4.00. The van der Waals surface area contributed by atoms with Gasteiger partial charge in [0.05, 0.1) is 11.9 Å². The first-order valence-corrected chi connectivity index (χ1v) is 7.79. The van der Waals surface area contributed by atoms with Gasteiger partial charge in [-0.2, -0.15) is 5.10 Å². The van der Waals surface area contributed by atoms with Gasteiger partial charge in [0.1, 0.15) is 0 Å². The number of aromatic amines is 1. The van der Waals surface area contributed by atoms with Gasteiger partial charge in [0.2, 0.25) is 0 Å². The molecule has 112 valence electrons. The molecule has 0 unspecified atom stereocenters. The van der Waals surface area contributed by atoms with E-state index in [4.69, 9.17) is 0 Å². The third-order valence-corrected chi connectivity index (χ3v) is 4.04. The van der Waals surface area contributed by atoms with Gasteiger partial charge >= 0.3 is 0 Å². The maximum absolute atomic E-state index is 4.16. The summed E-state index contributed by atoms with van der Waals surface area (Å²) in [6.07, 6.45) is 9.66. The van der Waals surface area contributed by atoms with Crippen molar-refractivity contribution in [3.63, 3.8) is 0 Å². The molecule has 0 spiro atoms. The second-order valence-electron chi connectivity index (χ2n) is 5.59. The van der Waals surface area contributed by atoms with Gasteiger partial charge in [0, 0.05) is 43.2 Å². The van der Waals surface area contributed by atoms with Crippen molar-refractivity contribution in [2.75, 3.05) is 26.2 Å². The molecule has 3 heterocycles. The molecule has 1 aliphatic heterocycles. The highest BCUT2D eigenvalue weighted by Gasteiger charge is 2.10. The molecule has 0 aromatic carbocycles. The number of hydrogen-bond acceptors (Lipinski definition) is 4. The van der Waals surface area contributed by atoms with Gasteiger partial charge in [-0.3, -0.25) is 10.1 Å². The molecule has 21 heavy (non-hydrogen) atoms. The Labute approximate surface area is 125 Å². The maximum Gasteiger partial charge on any atom is 0.0710 e. The molecule has 0 atom stereocenters. The lowest BCUT2D eigenvalue weighted by Crippen LogP contribution is -2.35. The van der Waals surface area contributed by atoms with E-state index in [1.54, 1.807) is 6.20 Å². The molecule has 1 saturated heterocycles. The summed E-state index contributed by atoms with van der Waals surface area (Å²) in [5.41, 5.74) is 3.35. The number of pyridine rings is 1. The molecule has 3 rings (SSSR count). The van der Waals surface area contributed by atoms with E-state index in [9.17, 15) is 0 Å². The van der Waals surface area contributed by atoms with Crippen molar-refractivity contribution in [3.05, 3.63) is 36.3 Å². The Morgan fingerprint density at radius 1 is 1.19 bits per heavy atom. The predicted molar refractivity (Wildman–Crippen MR) is 83.8 cm³/mol. The molecule has 0 aliphatic carbocycles. The minimum atomic E-state index is 0.842. The number of rotatable bonds is 6. The summed E-state index contributed by atoms with van der Waals surface area (Å²) in [6.45, 7) is 5.52. The van der Waals surface area contributed by atoms with E-state index in [1.807, 2.05) is 18.5 Å². The van der Waals surface area contributed by atoms with Crippen molar-refractivity contribution < 1.29 is 0 Å². The van der Waals surface area contributed by atoms with Gasteiger partial charge in [-0.25, -0.2) is 0 Å². The minimum absolute atomic E-state index is 0.842. The summed E-state index contributed by atoms with van der Waals surface area (Å²) in [4.78, 5) is 6.71. The van der Waals surface area contributed by atoms with Crippen molar-refractivity contribution in [3.8, 4) is 11.3 Å². The standard InChI is InChI=1S/C16H23N5/c1-2-8-21(9-3-1)10-7-18-12-15-13-19-20-16(15)14-5-4-6-17-11-14/h4-6,11,13,18H,1-3,7-10,12H2,(H,19,20). The molecule has 2 aromatic heterocycles. The van der Waals surface area contributed by atoms with Crippen LogP contribution in [0.4, 0.5) is 0 Å². The SMILES string of the molecule is c1cncc(-c2[nH]ncc2CNCCN2CCCCC2)c1. The van der Waals surface area contributed by atoms with Crippen LogP contribution in [0.3, 0.4) is 0 Å². The van der Waals surface area contributed by atoms with Crippen LogP contribution in [-0.2, 0) is 6.54 Å². The normalized spacial score (nSPS) is 16.2. The summed E-state index contributed by atoms with van der Waals surface area (Å²) in [5.74, 6) is 0. The Bertz CT molecular complexity index is 531. The number of aromatic nitrogens is 3. The highest BCUT2D eigenvalue weighted by Crippen LogP contribution is 2.19. The van der Waals surface area contributed by atoms with Gasteiger partial charge in [-0.1, -0.05) is 6.42 Å². The van der Waals surface area contributed by atoms with Crippen LogP contribution in [0.25, 0.3) is 11.3 Å². The smallest absolute Gasteiger partial charge is 0.0710 e. The Balaban J connectivity index is 1.49. The van der Waals surface area contributed by atoms with Gasteiger partial charge in [-0.05, 0) is 38.1 Å². The summed E-state index contributed by atoms with van der Waals surface area (Å²) in [7, 11) is 0. The minimum Gasteiger partial charge on any atom is -0.311 e. The van der Waals surface area contributed by atoms with Crippen molar-refractivity contribution in [1.82, 2.24) is 25.4 Å². The third-order valence-electron chi connectivity index (χ3n) is 4.04. The lowest BCUT2D eigenvalue weighted by atomic mass is 10.1. The quantitative estimate of drug-likeness (QED) is 0.798. The second kappa shape index (κ2) is 7.33. The molecular formula is C16H23N5. The zero-order valence-corrected chi connectivity index (χ0v) is 12.4. The molecule has 1 aliphatic rings. The van der Waals surface area contributed by atoms with Gasteiger partial charge in [0.15, 0.2) is 0 Å². The van der Waals surface area contributed by atoms with Crippen LogP contribution in [0.2, 0.25) is 0 Å². The van der Waals surface area contributed by atoms with E-state index < -0.39 is 0 Å². The highest BCUT2D eigenvalue weighted by molar-refractivity contribution is 5.61. The Morgan fingerprint density at radius 3 is 2.90 bits per heavy atom. The van der Waals surface area contributed by atoms with Gasteiger partial charge in [0.25, 0.3) is 0 Å². The summed E-state index contributed by atoms with van der Waals surface area (Å²) >= 11 is 0. The number of hydrogen-bond donors (Lipinski definition) is 2. The number of H-pyrrole nitrogens is 1. The van der Waals surface area contributed by atoms with Gasteiger partial charge in [-0.15, -0.1) is 0 Å². The number of nitrogens with zero attached hydrogens (tertiary/aromatic N) is 3. The zero-order chi connectivity index (χ0) is 14.3. The summed E-state index contributed by atoms with van der Waals surface area (Å²) in [5, 5.41) is 10.8. The van der Waals surface area contributed by atoms with Crippen LogP contribution in [0, 0.1) is 0 Å². The van der Waals surface area contributed by atoms with Crippen molar-refractivity contribution in [1.29, 1.82) is 0 Å². The van der Waals surface area contributed by atoms with Crippen LogP contribution in [-0.4, -0.2) is 46.3 Å². The Morgan fingerprint density at radius 2 is 2.10 bits per heavy atom. The summed E-state index contributed by atoms with van der Waals surface area (Å²) < 4.78 is 0. The molecule has 0 bridgehead atoms.